The first kappa shape index (κ1) is 26.3. The molecule has 1 aliphatic heterocycles. The van der Waals surface area contributed by atoms with Crippen molar-refractivity contribution in [3.8, 4) is 0 Å². The minimum atomic E-state index is -0.345. The van der Waals surface area contributed by atoms with Crippen molar-refractivity contribution in [1.82, 2.24) is 5.32 Å². The number of benzene rings is 1. The lowest BCUT2D eigenvalue weighted by Gasteiger charge is -2.26. The molecule has 3 aliphatic rings. The molecule has 0 bridgehead atoms. The topological polar surface area (TPSA) is 99.7 Å². The smallest absolute Gasteiger partial charge is 0.177 e. The summed E-state index contributed by atoms with van der Waals surface area (Å²) in [5.74, 6) is 0.705. The van der Waals surface area contributed by atoms with Crippen molar-refractivity contribution in [3.05, 3.63) is 64.5 Å². The second kappa shape index (κ2) is 12.0. The first-order chi connectivity index (χ1) is 17.4. The second-order valence-electron chi connectivity index (χ2n) is 10.3. The normalized spacial score (nSPS) is 24.0. The van der Waals surface area contributed by atoms with Gasteiger partial charge in [0.05, 0.1) is 18.7 Å². The summed E-state index contributed by atoms with van der Waals surface area (Å²) in [5.41, 5.74) is 11.4. The van der Waals surface area contributed by atoms with Gasteiger partial charge in [0.25, 0.3) is 0 Å². The highest BCUT2D eigenvalue weighted by Gasteiger charge is 2.27. The number of rotatable bonds is 8. The van der Waals surface area contributed by atoms with E-state index in [0.29, 0.717) is 24.5 Å². The predicted octanol–water partition coefficient (Wildman–Crippen LogP) is 4.75. The van der Waals surface area contributed by atoms with E-state index in [9.17, 15) is 14.3 Å². The Morgan fingerprint density at radius 3 is 2.92 bits per heavy atom. The highest BCUT2D eigenvalue weighted by molar-refractivity contribution is 6.00. The fourth-order valence-electron chi connectivity index (χ4n) is 5.40. The number of nitrogens with one attached hydrogen (secondary N) is 2. The first-order valence-electron chi connectivity index (χ1n) is 13.2. The summed E-state index contributed by atoms with van der Waals surface area (Å²) in [6.07, 6.45) is 8.21. The van der Waals surface area contributed by atoms with Gasteiger partial charge in [-0.2, -0.15) is 0 Å². The molecule has 0 amide bonds. The average Bonchev–Trinajstić information content (AvgIpc) is 3.11. The second-order valence-corrected chi connectivity index (χ2v) is 10.3. The highest BCUT2D eigenvalue weighted by Crippen LogP contribution is 2.34. The van der Waals surface area contributed by atoms with Crippen molar-refractivity contribution in [3.63, 3.8) is 0 Å². The number of aliphatic imine (C=N–C) groups is 1. The number of nitrogens with two attached hydrogens (primary N) is 1. The number of nitrogens with zero attached hydrogens (tertiary/aromatic N) is 1. The lowest BCUT2D eigenvalue weighted by molar-refractivity contribution is -0.114. The Labute approximate surface area is 213 Å². The van der Waals surface area contributed by atoms with E-state index >= 15 is 0 Å². The Kier molecular flexibility index (Phi) is 8.75. The van der Waals surface area contributed by atoms with Crippen LogP contribution in [-0.2, 0) is 4.79 Å². The van der Waals surface area contributed by atoms with Crippen LogP contribution in [0.15, 0.2) is 64.0 Å². The van der Waals surface area contributed by atoms with Crippen LogP contribution in [0.1, 0.15) is 64.0 Å². The van der Waals surface area contributed by atoms with Crippen molar-refractivity contribution in [2.45, 2.75) is 64.5 Å². The number of hydrogen-bond acceptors (Lipinski definition) is 6. The molecule has 0 spiro atoms. The molecule has 0 aromatic heterocycles. The lowest BCUT2D eigenvalue weighted by Crippen LogP contribution is -2.36. The van der Waals surface area contributed by atoms with Gasteiger partial charge in [-0.3, -0.25) is 9.79 Å². The quantitative estimate of drug-likeness (QED) is 0.418. The molecule has 4 atom stereocenters. The van der Waals surface area contributed by atoms with Crippen LogP contribution < -0.4 is 16.4 Å². The van der Waals surface area contributed by atoms with E-state index in [0.717, 1.165) is 55.7 Å². The molecule has 6 nitrogen and oxygen atoms in total. The van der Waals surface area contributed by atoms with E-state index in [1.165, 1.54) is 17.2 Å². The van der Waals surface area contributed by atoms with Gasteiger partial charge in [0.1, 0.15) is 11.7 Å². The minimum Gasteiger partial charge on any atom is -0.393 e. The Hall–Kier alpha value is -2.77. The molecule has 1 aromatic rings. The van der Waals surface area contributed by atoms with Gasteiger partial charge in [-0.25, -0.2) is 4.39 Å². The van der Waals surface area contributed by atoms with Crippen LogP contribution in [0.2, 0.25) is 0 Å². The summed E-state index contributed by atoms with van der Waals surface area (Å²) in [5, 5.41) is 17.0. The van der Waals surface area contributed by atoms with Crippen molar-refractivity contribution in [2.75, 3.05) is 25.0 Å². The van der Waals surface area contributed by atoms with Gasteiger partial charge in [0, 0.05) is 24.7 Å². The summed E-state index contributed by atoms with van der Waals surface area (Å²) >= 11 is 0. The zero-order valence-electron chi connectivity index (χ0n) is 21.4. The molecule has 0 radical (unpaired) electrons. The number of amidine groups is 1. The number of carbonyl (C=O) groups excluding carboxylic acids is 1. The maximum Gasteiger partial charge on any atom is 0.177 e. The molecule has 0 fully saturated rings. The Balaban J connectivity index is 1.42. The van der Waals surface area contributed by atoms with E-state index < -0.39 is 0 Å². The van der Waals surface area contributed by atoms with Crippen LogP contribution in [0.4, 0.5) is 10.1 Å². The lowest BCUT2D eigenvalue weighted by atomic mass is 9.90. The molecule has 0 saturated carbocycles. The summed E-state index contributed by atoms with van der Waals surface area (Å²) in [4.78, 5) is 17.5. The molecule has 0 saturated heterocycles. The zero-order valence-corrected chi connectivity index (χ0v) is 21.4. The predicted molar refractivity (Wildman–Crippen MR) is 144 cm³/mol. The van der Waals surface area contributed by atoms with Gasteiger partial charge in [-0.1, -0.05) is 30.7 Å². The minimum absolute atomic E-state index is 0.0237. The molecule has 7 heteroatoms. The SMILES string of the molecule is CC1C=C(C(=O)CNc2cccc(C(CN)NC3=NCCC4=C3CCCC(C(C)O)C4)c2)CC=C1F. The Morgan fingerprint density at radius 2 is 2.17 bits per heavy atom. The van der Waals surface area contributed by atoms with E-state index in [-0.39, 0.29) is 36.2 Å². The number of halogens is 1. The van der Waals surface area contributed by atoms with E-state index in [1.807, 2.05) is 31.2 Å². The largest absolute Gasteiger partial charge is 0.393 e. The van der Waals surface area contributed by atoms with Crippen molar-refractivity contribution >= 4 is 17.3 Å². The highest BCUT2D eigenvalue weighted by atomic mass is 19.1. The van der Waals surface area contributed by atoms with Crippen LogP contribution in [-0.4, -0.2) is 42.5 Å². The van der Waals surface area contributed by atoms with Gasteiger partial charge < -0.3 is 21.5 Å². The number of carbonyl (C=O) groups is 1. The van der Waals surface area contributed by atoms with Gasteiger partial charge in [-0.05, 0) is 86.3 Å². The summed E-state index contributed by atoms with van der Waals surface area (Å²) in [6.45, 7) is 4.97. The molecule has 194 valence electrons. The molecular weight excluding hydrogens is 455 g/mol. The van der Waals surface area contributed by atoms with Crippen molar-refractivity contribution in [2.24, 2.45) is 22.6 Å². The van der Waals surface area contributed by atoms with Gasteiger partial charge >= 0.3 is 0 Å². The maximum absolute atomic E-state index is 13.6. The van der Waals surface area contributed by atoms with E-state index in [4.69, 9.17) is 10.7 Å². The number of aliphatic hydroxyl groups is 1. The van der Waals surface area contributed by atoms with Gasteiger partial charge in [-0.15, -0.1) is 0 Å². The summed E-state index contributed by atoms with van der Waals surface area (Å²) in [6, 6.07) is 7.83. The van der Waals surface area contributed by atoms with Gasteiger partial charge in [0.15, 0.2) is 5.78 Å². The first-order valence-corrected chi connectivity index (χ1v) is 13.2. The van der Waals surface area contributed by atoms with Crippen LogP contribution in [0.25, 0.3) is 0 Å². The number of ketones is 1. The van der Waals surface area contributed by atoms with Crippen molar-refractivity contribution in [1.29, 1.82) is 0 Å². The number of aliphatic hydroxyl groups excluding tert-OH is 1. The maximum atomic E-state index is 13.6. The molecule has 36 heavy (non-hydrogen) atoms. The number of hydrogen-bond donors (Lipinski definition) is 4. The number of allylic oxidation sites excluding steroid dienone is 3. The molecule has 4 rings (SSSR count). The standard InChI is InChI=1S/C29H39FN4O2/c1-18-13-23(9-10-26(18)30)28(36)17-33-24-7-3-6-22(15-24)27(16-31)34-29-25-8-4-5-20(19(2)35)14-21(25)11-12-32-29/h3,6-7,10,13,15,18-20,27,33,35H,4-5,8-9,11-12,14,16-17,31H2,1-2H3,(H,32,34). The Morgan fingerprint density at radius 1 is 1.33 bits per heavy atom. The molecule has 2 aliphatic carbocycles. The molecule has 1 aromatic carbocycles. The third-order valence-corrected chi connectivity index (χ3v) is 7.64. The zero-order chi connectivity index (χ0) is 25.7. The molecular formula is C29H39FN4O2. The number of anilines is 1. The van der Waals surface area contributed by atoms with E-state index in [1.54, 1.807) is 13.0 Å². The molecule has 4 unspecified atom stereocenters. The fourth-order valence-corrected chi connectivity index (χ4v) is 5.40. The van der Waals surface area contributed by atoms with Crippen LogP contribution in [0.5, 0.6) is 0 Å². The van der Waals surface area contributed by atoms with Gasteiger partial charge in [0.2, 0.25) is 0 Å². The van der Waals surface area contributed by atoms with Crippen molar-refractivity contribution < 1.29 is 14.3 Å². The Bertz CT molecular complexity index is 1090. The summed E-state index contributed by atoms with van der Waals surface area (Å²) < 4.78 is 13.6. The molecule has 5 N–H and O–H groups in total. The monoisotopic (exact) mass is 494 g/mol. The molecule has 1 heterocycles. The third-order valence-electron chi connectivity index (χ3n) is 7.64. The van der Waals surface area contributed by atoms with E-state index in [2.05, 4.69) is 10.6 Å². The van der Waals surface area contributed by atoms with Crippen LogP contribution >= 0.6 is 0 Å². The third kappa shape index (κ3) is 6.31. The number of dihydropyridines is 1. The van der Waals surface area contributed by atoms with Crippen LogP contribution in [0.3, 0.4) is 0 Å². The average molecular weight is 495 g/mol. The number of Topliss-reactive ketones (excluding diaryl/α,β-unsaturated/α-hetero) is 1. The fraction of sp³-hybridized carbons (Fsp3) is 0.517. The van der Waals surface area contributed by atoms with Crippen LogP contribution in [0, 0.1) is 11.8 Å². The summed E-state index contributed by atoms with van der Waals surface area (Å²) in [7, 11) is 0.